The van der Waals surface area contributed by atoms with Crippen LogP contribution in [-0.4, -0.2) is 29.9 Å². The van der Waals surface area contributed by atoms with E-state index < -0.39 is 10.0 Å². The Morgan fingerprint density at radius 2 is 1.79 bits per heavy atom. The van der Waals surface area contributed by atoms with Crippen LogP contribution in [0.5, 0.6) is 0 Å². The fraction of sp³-hybridized carbons (Fsp3) is 0.158. The molecular weight excluding hydrogens is 394 g/mol. The molecule has 2 aromatic carbocycles. The number of benzene rings is 2. The lowest BCUT2D eigenvalue weighted by atomic mass is 10.3. The van der Waals surface area contributed by atoms with E-state index in [1.165, 1.54) is 16.8 Å². The molecule has 146 valence electrons. The smallest absolute Gasteiger partial charge is 0.263 e. The van der Waals surface area contributed by atoms with E-state index in [0.717, 1.165) is 18.7 Å². The van der Waals surface area contributed by atoms with Crippen molar-refractivity contribution in [1.29, 1.82) is 0 Å². The Morgan fingerprint density at radius 3 is 2.46 bits per heavy atom. The molecule has 0 unspecified atom stereocenters. The highest BCUT2D eigenvalue weighted by atomic mass is 32.2. The van der Waals surface area contributed by atoms with Crippen LogP contribution in [0.1, 0.15) is 13.3 Å². The minimum absolute atomic E-state index is 0.145. The summed E-state index contributed by atoms with van der Waals surface area (Å²) in [5, 5.41) is 10.8. The van der Waals surface area contributed by atoms with Crippen LogP contribution >= 0.6 is 12.2 Å². The Kier molecular flexibility index (Phi) is 6.27. The van der Waals surface area contributed by atoms with Gasteiger partial charge >= 0.3 is 0 Å². The van der Waals surface area contributed by atoms with Gasteiger partial charge in [0, 0.05) is 18.3 Å². The predicted molar refractivity (Wildman–Crippen MR) is 115 cm³/mol. The number of sulfonamides is 1. The molecule has 3 N–H and O–H groups in total. The first-order valence-corrected chi connectivity index (χ1v) is 10.7. The normalized spacial score (nSPS) is 11.0. The average molecular weight is 416 g/mol. The van der Waals surface area contributed by atoms with Crippen molar-refractivity contribution in [3.63, 3.8) is 0 Å². The molecule has 28 heavy (non-hydrogen) atoms. The first-order chi connectivity index (χ1) is 13.5. The molecule has 1 heterocycles. The molecule has 0 saturated carbocycles. The number of nitrogens with one attached hydrogen (secondary N) is 3. The van der Waals surface area contributed by atoms with Gasteiger partial charge in [0.05, 0.1) is 16.8 Å². The van der Waals surface area contributed by atoms with Crippen molar-refractivity contribution in [3.05, 3.63) is 66.9 Å². The Balaban J connectivity index is 1.74. The van der Waals surface area contributed by atoms with Gasteiger partial charge in [-0.3, -0.25) is 4.72 Å². The van der Waals surface area contributed by atoms with Crippen LogP contribution in [0.25, 0.3) is 5.69 Å². The van der Waals surface area contributed by atoms with Crippen LogP contribution in [0.15, 0.2) is 71.8 Å². The zero-order chi connectivity index (χ0) is 20.0. The fourth-order valence-corrected chi connectivity index (χ4v) is 3.75. The maximum Gasteiger partial charge on any atom is 0.263 e. The van der Waals surface area contributed by atoms with E-state index in [9.17, 15) is 8.42 Å². The van der Waals surface area contributed by atoms with Crippen LogP contribution in [0, 0.1) is 0 Å². The molecule has 0 aliphatic carbocycles. The SMILES string of the molecule is CCCNC(=S)Nc1ccc(S(=O)(=O)Nc2ccnn2-c2ccccc2)cc1. The number of para-hydroxylation sites is 1. The molecule has 9 heteroatoms. The molecule has 0 aliphatic heterocycles. The molecule has 1 aromatic heterocycles. The van der Waals surface area contributed by atoms with Crippen molar-refractivity contribution in [2.75, 3.05) is 16.6 Å². The first-order valence-electron chi connectivity index (χ1n) is 8.77. The maximum absolute atomic E-state index is 12.7. The Hall–Kier alpha value is -2.91. The van der Waals surface area contributed by atoms with Crippen LogP contribution in [0.4, 0.5) is 11.5 Å². The molecule has 0 amide bonds. The summed E-state index contributed by atoms with van der Waals surface area (Å²) in [7, 11) is -3.76. The van der Waals surface area contributed by atoms with Crippen molar-refractivity contribution < 1.29 is 8.42 Å². The van der Waals surface area contributed by atoms with Gasteiger partial charge in [-0.25, -0.2) is 13.1 Å². The molecule has 0 spiro atoms. The molecule has 0 bridgehead atoms. The third kappa shape index (κ3) is 4.87. The lowest BCUT2D eigenvalue weighted by molar-refractivity contribution is 0.600. The largest absolute Gasteiger partial charge is 0.362 e. The van der Waals surface area contributed by atoms with Gasteiger partial charge in [-0.2, -0.15) is 5.10 Å². The van der Waals surface area contributed by atoms with Crippen molar-refractivity contribution in [2.24, 2.45) is 0 Å². The van der Waals surface area contributed by atoms with Gasteiger partial charge in [0.15, 0.2) is 5.11 Å². The van der Waals surface area contributed by atoms with Gasteiger partial charge in [0.2, 0.25) is 0 Å². The van der Waals surface area contributed by atoms with Gasteiger partial charge in [-0.15, -0.1) is 0 Å². The summed E-state index contributed by atoms with van der Waals surface area (Å²) < 4.78 is 29.6. The number of rotatable bonds is 7. The van der Waals surface area contributed by atoms with Gasteiger partial charge in [0.1, 0.15) is 5.82 Å². The summed E-state index contributed by atoms with van der Waals surface area (Å²) in [4.78, 5) is 0.145. The molecule has 0 atom stereocenters. The monoisotopic (exact) mass is 415 g/mol. The van der Waals surface area contributed by atoms with Crippen LogP contribution in [-0.2, 0) is 10.0 Å². The summed E-state index contributed by atoms with van der Waals surface area (Å²) >= 11 is 5.18. The van der Waals surface area contributed by atoms with Crippen molar-refractivity contribution in [2.45, 2.75) is 18.2 Å². The highest BCUT2D eigenvalue weighted by molar-refractivity contribution is 7.92. The van der Waals surface area contributed by atoms with E-state index in [0.29, 0.717) is 16.6 Å². The van der Waals surface area contributed by atoms with Gasteiger partial charge < -0.3 is 10.6 Å². The zero-order valence-corrected chi connectivity index (χ0v) is 16.9. The molecule has 7 nitrogen and oxygen atoms in total. The second kappa shape index (κ2) is 8.85. The predicted octanol–water partition coefficient (Wildman–Crippen LogP) is 3.37. The van der Waals surface area contributed by atoms with E-state index in [-0.39, 0.29) is 4.90 Å². The van der Waals surface area contributed by atoms with Gasteiger partial charge in [-0.05, 0) is 55.0 Å². The molecule has 0 saturated heterocycles. The number of nitrogens with zero attached hydrogens (tertiary/aromatic N) is 2. The quantitative estimate of drug-likeness (QED) is 0.513. The van der Waals surface area contributed by atoms with E-state index in [4.69, 9.17) is 12.2 Å². The highest BCUT2D eigenvalue weighted by Gasteiger charge is 2.17. The molecule has 0 fully saturated rings. The summed E-state index contributed by atoms with van der Waals surface area (Å²) in [5.74, 6) is 0.360. The second-order valence-electron chi connectivity index (χ2n) is 5.97. The average Bonchev–Trinajstić information content (AvgIpc) is 3.15. The van der Waals surface area contributed by atoms with E-state index in [2.05, 4.69) is 20.5 Å². The zero-order valence-electron chi connectivity index (χ0n) is 15.3. The number of aromatic nitrogens is 2. The summed E-state index contributed by atoms with van der Waals surface area (Å²) in [5.41, 5.74) is 1.47. The van der Waals surface area contributed by atoms with Crippen molar-refractivity contribution in [3.8, 4) is 5.69 Å². The van der Waals surface area contributed by atoms with Crippen LogP contribution in [0.3, 0.4) is 0 Å². The molecule has 3 aromatic rings. The summed E-state index contributed by atoms with van der Waals surface area (Å²) in [6.45, 7) is 2.82. The molecule has 0 radical (unpaired) electrons. The topological polar surface area (TPSA) is 88.0 Å². The maximum atomic E-state index is 12.7. The number of hydrogen-bond acceptors (Lipinski definition) is 4. The van der Waals surface area contributed by atoms with Crippen molar-refractivity contribution >= 4 is 38.9 Å². The summed E-state index contributed by atoms with van der Waals surface area (Å²) in [6.07, 6.45) is 2.51. The minimum Gasteiger partial charge on any atom is -0.362 e. The van der Waals surface area contributed by atoms with E-state index in [1.54, 1.807) is 24.4 Å². The number of anilines is 2. The first kappa shape index (κ1) is 19.8. The molecule has 0 aliphatic rings. The van der Waals surface area contributed by atoms with Gasteiger partial charge in [-0.1, -0.05) is 25.1 Å². The Labute approximate surface area is 169 Å². The number of hydrogen-bond donors (Lipinski definition) is 3. The number of thiocarbonyl (C=S) groups is 1. The lowest BCUT2D eigenvalue weighted by Gasteiger charge is -2.12. The Bertz CT molecular complexity index is 1030. The molecular formula is C19H21N5O2S2. The highest BCUT2D eigenvalue weighted by Crippen LogP contribution is 2.20. The third-order valence-corrected chi connectivity index (χ3v) is 5.46. The lowest BCUT2D eigenvalue weighted by Crippen LogP contribution is -2.28. The fourth-order valence-electron chi connectivity index (χ4n) is 2.48. The molecule has 3 rings (SSSR count). The van der Waals surface area contributed by atoms with Crippen molar-refractivity contribution in [1.82, 2.24) is 15.1 Å². The van der Waals surface area contributed by atoms with E-state index >= 15 is 0 Å². The van der Waals surface area contributed by atoms with Gasteiger partial charge in [0.25, 0.3) is 10.0 Å². The van der Waals surface area contributed by atoms with E-state index in [1.807, 2.05) is 37.3 Å². The minimum atomic E-state index is -3.76. The third-order valence-electron chi connectivity index (χ3n) is 3.84. The second-order valence-corrected chi connectivity index (χ2v) is 8.07. The summed E-state index contributed by atoms with van der Waals surface area (Å²) in [6, 6.07) is 17.3. The standard InChI is InChI=1S/C19H21N5O2S2/c1-2-13-20-19(27)22-15-8-10-17(11-9-15)28(25,26)23-18-12-14-21-24(18)16-6-4-3-5-7-16/h3-12,14,23H,2,13H2,1H3,(H2,20,22,27). The van der Waals surface area contributed by atoms with Crippen LogP contribution in [0.2, 0.25) is 0 Å². The van der Waals surface area contributed by atoms with Crippen LogP contribution < -0.4 is 15.4 Å². The Morgan fingerprint density at radius 1 is 1.07 bits per heavy atom.